The van der Waals surface area contributed by atoms with Crippen LogP contribution in [0.1, 0.15) is 24.4 Å². The SMILES string of the molecule is CCn1ncc(Br)c1C(NC)c1cn[nH]n1. The second kappa shape index (κ2) is 4.75. The molecule has 2 rings (SSSR count). The Hall–Kier alpha value is -1.21. The average molecular weight is 285 g/mol. The summed E-state index contributed by atoms with van der Waals surface area (Å²) in [6.07, 6.45) is 3.50. The molecule has 0 spiro atoms. The highest BCUT2D eigenvalue weighted by Gasteiger charge is 2.21. The van der Waals surface area contributed by atoms with Gasteiger partial charge in [-0.15, -0.1) is 0 Å². The van der Waals surface area contributed by atoms with Crippen LogP contribution in [0.3, 0.4) is 0 Å². The lowest BCUT2D eigenvalue weighted by Crippen LogP contribution is -2.22. The minimum atomic E-state index is -0.0180. The zero-order valence-corrected chi connectivity index (χ0v) is 10.7. The van der Waals surface area contributed by atoms with Gasteiger partial charge in [-0.05, 0) is 29.9 Å². The van der Waals surface area contributed by atoms with E-state index in [1.54, 1.807) is 12.4 Å². The number of H-pyrrole nitrogens is 1. The Kier molecular flexibility index (Phi) is 3.35. The van der Waals surface area contributed by atoms with Gasteiger partial charge in [-0.2, -0.15) is 20.5 Å². The van der Waals surface area contributed by atoms with Crippen molar-refractivity contribution in [2.45, 2.75) is 19.5 Å². The first-order valence-electron chi connectivity index (χ1n) is 5.02. The molecule has 0 aliphatic heterocycles. The van der Waals surface area contributed by atoms with Gasteiger partial charge in [0.1, 0.15) is 5.69 Å². The number of hydrogen-bond acceptors (Lipinski definition) is 4. The quantitative estimate of drug-likeness (QED) is 0.882. The summed E-state index contributed by atoms with van der Waals surface area (Å²) in [6.45, 7) is 2.87. The third-order valence-corrected chi connectivity index (χ3v) is 3.04. The third kappa shape index (κ3) is 1.88. The van der Waals surface area contributed by atoms with Crippen molar-refractivity contribution in [3.8, 4) is 0 Å². The largest absolute Gasteiger partial charge is 0.307 e. The molecule has 2 aromatic heterocycles. The van der Waals surface area contributed by atoms with Crippen LogP contribution in [0.25, 0.3) is 0 Å². The number of aromatic amines is 1. The minimum Gasteiger partial charge on any atom is -0.307 e. The Labute approximate surface area is 102 Å². The standard InChI is InChI=1S/C9H13BrN6/c1-3-16-9(6(10)4-13-16)8(11-2)7-5-12-15-14-7/h4-5,8,11H,3H2,1-2H3,(H,12,14,15). The first-order valence-corrected chi connectivity index (χ1v) is 5.81. The summed E-state index contributed by atoms with van der Waals surface area (Å²) in [7, 11) is 1.89. The van der Waals surface area contributed by atoms with Crippen LogP contribution in [0.5, 0.6) is 0 Å². The number of halogens is 1. The highest BCUT2D eigenvalue weighted by Crippen LogP contribution is 2.26. The van der Waals surface area contributed by atoms with Crippen LogP contribution >= 0.6 is 15.9 Å². The van der Waals surface area contributed by atoms with E-state index in [-0.39, 0.29) is 6.04 Å². The van der Waals surface area contributed by atoms with Crippen LogP contribution in [0.4, 0.5) is 0 Å². The summed E-state index contributed by atoms with van der Waals surface area (Å²) in [5, 5.41) is 18.0. The van der Waals surface area contributed by atoms with E-state index in [4.69, 9.17) is 0 Å². The van der Waals surface area contributed by atoms with E-state index in [0.717, 1.165) is 22.4 Å². The van der Waals surface area contributed by atoms with E-state index < -0.39 is 0 Å². The van der Waals surface area contributed by atoms with Crippen LogP contribution in [0, 0.1) is 0 Å². The second-order valence-corrected chi connectivity index (χ2v) is 4.16. The molecule has 2 heterocycles. The Morgan fingerprint density at radius 3 is 2.94 bits per heavy atom. The molecule has 16 heavy (non-hydrogen) atoms. The van der Waals surface area contributed by atoms with E-state index in [9.17, 15) is 0 Å². The Morgan fingerprint density at radius 1 is 1.56 bits per heavy atom. The molecular weight excluding hydrogens is 272 g/mol. The van der Waals surface area contributed by atoms with Crippen LogP contribution in [-0.2, 0) is 6.54 Å². The van der Waals surface area contributed by atoms with Crippen LogP contribution < -0.4 is 5.32 Å². The van der Waals surface area contributed by atoms with Crippen molar-refractivity contribution in [1.29, 1.82) is 0 Å². The number of hydrogen-bond donors (Lipinski definition) is 2. The lowest BCUT2D eigenvalue weighted by Gasteiger charge is -2.15. The first-order chi connectivity index (χ1) is 7.77. The molecule has 0 saturated carbocycles. The third-order valence-electron chi connectivity index (χ3n) is 2.42. The molecule has 0 amide bonds. The van der Waals surface area contributed by atoms with Gasteiger partial charge in [0, 0.05) is 6.54 Å². The van der Waals surface area contributed by atoms with Gasteiger partial charge in [-0.3, -0.25) is 4.68 Å². The van der Waals surface area contributed by atoms with Gasteiger partial charge in [-0.25, -0.2) is 0 Å². The van der Waals surface area contributed by atoms with Crippen molar-refractivity contribution in [3.63, 3.8) is 0 Å². The highest BCUT2D eigenvalue weighted by atomic mass is 79.9. The lowest BCUT2D eigenvalue weighted by molar-refractivity contribution is 0.553. The van der Waals surface area contributed by atoms with Gasteiger partial charge in [0.15, 0.2) is 0 Å². The molecule has 6 nitrogen and oxygen atoms in total. The Bertz CT molecular complexity index is 449. The summed E-state index contributed by atoms with van der Waals surface area (Å²) in [5.41, 5.74) is 1.90. The van der Waals surface area contributed by atoms with Crippen molar-refractivity contribution in [2.75, 3.05) is 7.05 Å². The molecule has 0 aromatic carbocycles. The number of rotatable bonds is 4. The number of nitrogens with one attached hydrogen (secondary N) is 2. The van der Waals surface area contributed by atoms with Crippen molar-refractivity contribution < 1.29 is 0 Å². The maximum Gasteiger partial charge on any atom is 0.105 e. The molecule has 2 N–H and O–H groups in total. The molecule has 0 saturated heterocycles. The van der Waals surface area contributed by atoms with Gasteiger partial charge < -0.3 is 5.32 Å². The van der Waals surface area contributed by atoms with E-state index in [2.05, 4.69) is 48.7 Å². The molecule has 0 aliphatic carbocycles. The van der Waals surface area contributed by atoms with E-state index >= 15 is 0 Å². The maximum absolute atomic E-state index is 4.28. The number of nitrogens with zero attached hydrogens (tertiary/aromatic N) is 4. The summed E-state index contributed by atoms with van der Waals surface area (Å²) in [5.74, 6) is 0. The van der Waals surface area contributed by atoms with E-state index in [1.165, 1.54) is 0 Å². The molecule has 0 fully saturated rings. The predicted molar refractivity (Wildman–Crippen MR) is 62.9 cm³/mol. The van der Waals surface area contributed by atoms with Crippen molar-refractivity contribution >= 4 is 15.9 Å². The Balaban J connectivity index is 2.44. The van der Waals surface area contributed by atoms with Gasteiger partial charge in [0.25, 0.3) is 0 Å². The smallest absolute Gasteiger partial charge is 0.105 e. The topological polar surface area (TPSA) is 71.4 Å². The fraction of sp³-hybridized carbons (Fsp3) is 0.444. The summed E-state index contributed by atoms with van der Waals surface area (Å²) in [6, 6.07) is -0.0180. The van der Waals surface area contributed by atoms with Crippen LogP contribution in [0.15, 0.2) is 16.9 Å². The summed E-state index contributed by atoms with van der Waals surface area (Å²) in [4.78, 5) is 0. The molecule has 7 heteroatoms. The zero-order valence-electron chi connectivity index (χ0n) is 9.11. The Morgan fingerprint density at radius 2 is 2.38 bits per heavy atom. The van der Waals surface area contributed by atoms with E-state index in [1.807, 2.05) is 11.7 Å². The molecule has 0 radical (unpaired) electrons. The monoisotopic (exact) mass is 284 g/mol. The summed E-state index contributed by atoms with van der Waals surface area (Å²) < 4.78 is 2.90. The maximum atomic E-state index is 4.28. The van der Waals surface area contributed by atoms with Crippen molar-refractivity contribution in [1.82, 2.24) is 30.5 Å². The minimum absolute atomic E-state index is 0.0180. The molecule has 86 valence electrons. The molecular formula is C9H13BrN6. The molecule has 1 unspecified atom stereocenters. The fourth-order valence-corrected chi connectivity index (χ4v) is 2.21. The van der Waals surface area contributed by atoms with Crippen LogP contribution in [0.2, 0.25) is 0 Å². The van der Waals surface area contributed by atoms with Crippen molar-refractivity contribution in [3.05, 3.63) is 28.3 Å². The highest BCUT2D eigenvalue weighted by molar-refractivity contribution is 9.10. The average Bonchev–Trinajstić information content (AvgIpc) is 2.91. The summed E-state index contributed by atoms with van der Waals surface area (Å²) >= 11 is 3.50. The zero-order chi connectivity index (χ0) is 11.5. The van der Waals surface area contributed by atoms with Gasteiger partial charge in [0.2, 0.25) is 0 Å². The number of aromatic nitrogens is 5. The second-order valence-electron chi connectivity index (χ2n) is 3.31. The van der Waals surface area contributed by atoms with Gasteiger partial charge in [0.05, 0.1) is 28.6 Å². The lowest BCUT2D eigenvalue weighted by atomic mass is 10.1. The van der Waals surface area contributed by atoms with Gasteiger partial charge >= 0.3 is 0 Å². The fourth-order valence-electron chi connectivity index (χ4n) is 1.69. The van der Waals surface area contributed by atoms with E-state index in [0.29, 0.717) is 0 Å². The normalized spacial score (nSPS) is 12.9. The number of aryl methyl sites for hydroxylation is 1. The van der Waals surface area contributed by atoms with Crippen LogP contribution in [-0.4, -0.2) is 32.2 Å². The first kappa shape index (κ1) is 11.3. The molecule has 1 atom stereocenters. The molecule has 2 aromatic rings. The van der Waals surface area contributed by atoms with Gasteiger partial charge in [-0.1, -0.05) is 0 Å². The van der Waals surface area contributed by atoms with Crippen molar-refractivity contribution in [2.24, 2.45) is 0 Å². The predicted octanol–water partition coefficient (Wildman–Crippen LogP) is 1.09. The molecule has 0 bridgehead atoms. The molecule has 0 aliphatic rings.